The molecule has 8 heteroatoms. The van der Waals surface area contributed by atoms with Gasteiger partial charge in [0.25, 0.3) is 0 Å². The maximum Gasteiger partial charge on any atom is 0.414 e. The highest BCUT2D eigenvalue weighted by molar-refractivity contribution is 7.14. The number of cyclic esters (lactones) is 1. The van der Waals surface area contributed by atoms with Crippen molar-refractivity contribution in [2.24, 2.45) is 0 Å². The molecule has 1 amide bonds. The van der Waals surface area contributed by atoms with E-state index in [1.165, 1.54) is 11.3 Å². The van der Waals surface area contributed by atoms with E-state index < -0.39 is 18.2 Å². The van der Waals surface area contributed by atoms with Crippen molar-refractivity contribution < 1.29 is 29.3 Å². The number of nitrogens with zero attached hydrogens (tertiary/aromatic N) is 1. The minimum absolute atomic E-state index is 0.226. The van der Waals surface area contributed by atoms with E-state index in [-0.39, 0.29) is 25.9 Å². The Morgan fingerprint density at radius 3 is 2.71 bits per heavy atom. The van der Waals surface area contributed by atoms with Gasteiger partial charge in [-0.2, -0.15) is 0 Å². The van der Waals surface area contributed by atoms with Crippen LogP contribution in [-0.4, -0.2) is 41.5 Å². The lowest BCUT2D eigenvalue weighted by molar-refractivity contribution is 0.0701. The smallest absolute Gasteiger partial charge is 0.414 e. The van der Waals surface area contributed by atoms with Crippen LogP contribution in [0.4, 0.5) is 10.5 Å². The van der Waals surface area contributed by atoms with Crippen LogP contribution in [0.5, 0.6) is 0 Å². The number of carboxylic acid groups (broad SMARTS) is 1. The van der Waals surface area contributed by atoms with E-state index in [9.17, 15) is 14.7 Å². The molecule has 7 nitrogen and oxygen atoms in total. The predicted octanol–water partition coefficient (Wildman–Crippen LogP) is 4.91. The van der Waals surface area contributed by atoms with Gasteiger partial charge in [0.1, 0.15) is 11.5 Å². The number of ether oxygens (including phenoxy) is 2. The van der Waals surface area contributed by atoms with E-state index >= 15 is 0 Å². The Balaban J connectivity index is 1.58. The molecule has 0 saturated carbocycles. The first kappa shape index (κ1) is 23.2. The Bertz CT molecular complexity index is 894. The van der Waals surface area contributed by atoms with Crippen molar-refractivity contribution in [1.82, 2.24) is 0 Å². The molecule has 3 rings (SSSR count). The molecule has 31 heavy (non-hydrogen) atoms. The van der Waals surface area contributed by atoms with Crippen LogP contribution in [0.3, 0.4) is 0 Å². The second kappa shape index (κ2) is 10.7. The third-order valence-electron chi connectivity index (χ3n) is 5.32. The van der Waals surface area contributed by atoms with Gasteiger partial charge in [-0.15, -0.1) is 11.3 Å². The number of hydrogen-bond acceptors (Lipinski definition) is 6. The quantitative estimate of drug-likeness (QED) is 0.475. The maximum atomic E-state index is 12.3. The summed E-state index contributed by atoms with van der Waals surface area (Å²) in [6.45, 7) is 4.67. The van der Waals surface area contributed by atoms with E-state index in [1.807, 2.05) is 30.3 Å². The van der Waals surface area contributed by atoms with Gasteiger partial charge >= 0.3 is 12.1 Å². The molecule has 1 aliphatic rings. The highest BCUT2D eigenvalue weighted by Crippen LogP contribution is 2.28. The number of aliphatic hydroxyl groups excluding tert-OH is 1. The molecule has 168 valence electrons. The number of aliphatic hydroxyl groups is 1. The van der Waals surface area contributed by atoms with Crippen molar-refractivity contribution in [3.05, 3.63) is 51.2 Å². The number of carbonyl (C=O) groups excluding carboxylic acids is 1. The first-order chi connectivity index (χ1) is 14.9. The molecule has 0 spiro atoms. The first-order valence-corrected chi connectivity index (χ1v) is 11.4. The van der Waals surface area contributed by atoms with Crippen LogP contribution in [0.1, 0.15) is 64.4 Å². The van der Waals surface area contributed by atoms with Gasteiger partial charge in [0.2, 0.25) is 0 Å². The van der Waals surface area contributed by atoms with Crippen molar-refractivity contribution in [2.75, 3.05) is 18.1 Å². The fourth-order valence-corrected chi connectivity index (χ4v) is 4.59. The topological polar surface area (TPSA) is 96.3 Å². The van der Waals surface area contributed by atoms with Crippen molar-refractivity contribution in [3.8, 4) is 0 Å². The predicted molar refractivity (Wildman–Crippen MR) is 119 cm³/mol. The third kappa shape index (κ3) is 5.84. The Hall–Kier alpha value is -2.42. The number of carbonyl (C=O) groups is 2. The number of carboxylic acids is 1. The molecule has 2 heterocycles. The van der Waals surface area contributed by atoms with E-state index in [2.05, 4.69) is 6.92 Å². The second-order valence-electron chi connectivity index (χ2n) is 7.75. The molecule has 2 atom stereocenters. The average Bonchev–Trinajstić information content (AvgIpc) is 3.30. The van der Waals surface area contributed by atoms with Crippen LogP contribution in [0.2, 0.25) is 0 Å². The van der Waals surface area contributed by atoms with Gasteiger partial charge in [0.15, 0.2) is 0 Å². The Labute approximate surface area is 186 Å². The number of aryl methyl sites for hydroxylation is 1. The number of unbranched alkanes of at least 4 members (excludes halogenated alkanes) is 2. The molecular formula is C23H29NO6S. The number of anilines is 1. The van der Waals surface area contributed by atoms with Crippen LogP contribution in [0.15, 0.2) is 30.3 Å². The molecular weight excluding hydrogens is 418 g/mol. The lowest BCUT2D eigenvalue weighted by Gasteiger charge is -2.22. The van der Waals surface area contributed by atoms with Crippen molar-refractivity contribution in [3.63, 3.8) is 0 Å². The number of thiophene rings is 1. The minimum Gasteiger partial charge on any atom is -0.477 e. The van der Waals surface area contributed by atoms with Crippen LogP contribution >= 0.6 is 11.3 Å². The Morgan fingerprint density at radius 1 is 1.32 bits per heavy atom. The monoisotopic (exact) mass is 447 g/mol. The molecule has 2 unspecified atom stereocenters. The number of benzene rings is 1. The second-order valence-corrected chi connectivity index (χ2v) is 8.89. The molecule has 1 saturated heterocycles. The molecule has 2 N–H and O–H groups in total. The van der Waals surface area contributed by atoms with Gasteiger partial charge < -0.3 is 19.7 Å². The summed E-state index contributed by atoms with van der Waals surface area (Å²) in [6.07, 6.45) is 2.98. The summed E-state index contributed by atoms with van der Waals surface area (Å²) in [6, 6.07) is 8.87. The van der Waals surface area contributed by atoms with Crippen LogP contribution in [0, 0.1) is 6.92 Å². The normalized spacial score (nSPS) is 17.1. The summed E-state index contributed by atoms with van der Waals surface area (Å²) in [7, 11) is 0. The highest BCUT2D eigenvalue weighted by Gasteiger charge is 2.34. The summed E-state index contributed by atoms with van der Waals surface area (Å²) < 4.78 is 11.0. The standard InChI is InChI=1S/C23H29NO6S/c1-3-4-5-6-20(25)16-7-9-17(10-8-16)24-18(13-30-23(24)28)12-29-14-19-11-15(2)21(31-19)22(26)27/h7-11,18,20,25H,3-6,12-14H2,1-2H3,(H,26,27). The molecule has 1 aromatic heterocycles. The zero-order valence-corrected chi connectivity index (χ0v) is 18.7. The zero-order valence-electron chi connectivity index (χ0n) is 17.9. The molecule has 2 aromatic rings. The zero-order chi connectivity index (χ0) is 22.4. The number of hydrogen-bond donors (Lipinski definition) is 2. The first-order valence-electron chi connectivity index (χ1n) is 10.5. The summed E-state index contributed by atoms with van der Waals surface area (Å²) in [5.74, 6) is -0.936. The minimum atomic E-state index is -0.936. The lowest BCUT2D eigenvalue weighted by Crippen LogP contribution is -2.36. The van der Waals surface area contributed by atoms with Crippen LogP contribution in [0.25, 0.3) is 0 Å². The van der Waals surface area contributed by atoms with Crippen molar-refractivity contribution in [1.29, 1.82) is 0 Å². The maximum absolute atomic E-state index is 12.3. The van der Waals surface area contributed by atoms with E-state index in [1.54, 1.807) is 11.8 Å². The fourth-order valence-electron chi connectivity index (χ4n) is 3.64. The number of amides is 1. The third-order valence-corrected chi connectivity index (χ3v) is 6.51. The molecule has 1 aromatic carbocycles. The molecule has 1 fully saturated rings. The average molecular weight is 448 g/mol. The van der Waals surface area contributed by atoms with E-state index in [0.29, 0.717) is 16.1 Å². The Morgan fingerprint density at radius 2 is 2.06 bits per heavy atom. The van der Waals surface area contributed by atoms with Gasteiger partial charge in [-0.1, -0.05) is 38.3 Å². The summed E-state index contributed by atoms with van der Waals surface area (Å²) in [4.78, 5) is 26.2. The fraction of sp³-hybridized carbons (Fsp3) is 0.478. The molecule has 0 radical (unpaired) electrons. The van der Waals surface area contributed by atoms with Gasteiger partial charge in [0, 0.05) is 10.6 Å². The highest BCUT2D eigenvalue weighted by atomic mass is 32.1. The molecule has 1 aliphatic heterocycles. The molecule has 0 bridgehead atoms. The van der Waals surface area contributed by atoms with Crippen molar-refractivity contribution >= 4 is 29.1 Å². The van der Waals surface area contributed by atoms with Crippen LogP contribution in [-0.2, 0) is 16.1 Å². The van der Waals surface area contributed by atoms with Gasteiger partial charge in [-0.3, -0.25) is 4.90 Å². The van der Waals surface area contributed by atoms with Crippen LogP contribution < -0.4 is 4.90 Å². The largest absolute Gasteiger partial charge is 0.477 e. The summed E-state index contributed by atoms with van der Waals surface area (Å²) in [5, 5.41) is 19.5. The summed E-state index contributed by atoms with van der Waals surface area (Å²) >= 11 is 1.20. The van der Waals surface area contributed by atoms with E-state index in [4.69, 9.17) is 14.6 Å². The van der Waals surface area contributed by atoms with Gasteiger partial charge in [0.05, 0.1) is 25.4 Å². The van der Waals surface area contributed by atoms with Crippen molar-refractivity contribution in [2.45, 2.75) is 58.3 Å². The SMILES string of the molecule is CCCCCC(O)c1ccc(N2C(=O)OCC2COCc2cc(C)c(C(=O)O)s2)cc1. The number of rotatable bonds is 11. The Kier molecular flexibility index (Phi) is 8.06. The van der Waals surface area contributed by atoms with E-state index in [0.717, 1.165) is 36.1 Å². The lowest BCUT2D eigenvalue weighted by atomic mass is 10.0. The molecule has 0 aliphatic carbocycles. The van der Waals surface area contributed by atoms with Gasteiger partial charge in [-0.05, 0) is 42.7 Å². The van der Waals surface area contributed by atoms with Gasteiger partial charge in [-0.25, -0.2) is 9.59 Å². The number of aromatic carboxylic acids is 1. The summed E-state index contributed by atoms with van der Waals surface area (Å²) in [5.41, 5.74) is 2.25.